The molecule has 0 bridgehead atoms. The van der Waals surface area contributed by atoms with E-state index in [-0.39, 0.29) is 6.03 Å². The first kappa shape index (κ1) is 17.1. The minimum absolute atomic E-state index is 0.246. The van der Waals surface area contributed by atoms with E-state index in [0.29, 0.717) is 13.2 Å². The second kappa shape index (κ2) is 8.42. The van der Waals surface area contributed by atoms with E-state index in [1.165, 1.54) is 24.0 Å². The van der Waals surface area contributed by atoms with Gasteiger partial charge in [0, 0.05) is 5.69 Å². The fourth-order valence-electron chi connectivity index (χ4n) is 3.06. The number of carbonyl (C=O) groups excluding carboxylic acids is 1. The summed E-state index contributed by atoms with van der Waals surface area (Å²) in [6.45, 7) is 0.901. The number of aryl methyl sites for hydroxylation is 1. The zero-order valence-electron chi connectivity index (χ0n) is 14.5. The maximum atomic E-state index is 11.9. The van der Waals surface area contributed by atoms with E-state index in [4.69, 9.17) is 9.47 Å². The molecule has 5 heteroatoms. The molecule has 1 aliphatic rings. The molecule has 3 rings (SSSR count). The van der Waals surface area contributed by atoms with E-state index >= 15 is 0 Å². The van der Waals surface area contributed by atoms with E-state index in [1.807, 2.05) is 12.1 Å². The predicted octanol–water partition coefficient (Wildman–Crippen LogP) is 3.77. The van der Waals surface area contributed by atoms with E-state index in [0.717, 1.165) is 30.0 Å². The van der Waals surface area contributed by atoms with Crippen LogP contribution in [0.5, 0.6) is 11.5 Å². The summed E-state index contributed by atoms with van der Waals surface area (Å²) in [5.74, 6) is 1.71. The van der Waals surface area contributed by atoms with E-state index in [2.05, 4.69) is 16.7 Å². The number of nitrogens with one attached hydrogen (secondary N) is 2. The maximum absolute atomic E-state index is 11.9. The topological polar surface area (TPSA) is 59.6 Å². The van der Waals surface area contributed by atoms with Crippen molar-refractivity contribution >= 4 is 11.7 Å². The quantitative estimate of drug-likeness (QED) is 0.787. The van der Waals surface area contributed by atoms with Gasteiger partial charge in [0.25, 0.3) is 0 Å². The van der Waals surface area contributed by atoms with Crippen molar-refractivity contribution in [3.8, 4) is 11.5 Å². The Hall–Kier alpha value is -2.69. The number of fused-ring (bicyclic) bond motifs is 1. The van der Waals surface area contributed by atoms with Crippen LogP contribution in [0, 0.1) is 0 Å². The lowest BCUT2D eigenvalue weighted by atomic mass is 9.91. The summed E-state index contributed by atoms with van der Waals surface area (Å²) in [5.41, 5.74) is 3.45. The molecule has 2 aromatic rings. The number of methoxy groups -OCH3 is 1. The molecule has 0 heterocycles. The van der Waals surface area contributed by atoms with Gasteiger partial charge in [-0.2, -0.15) is 0 Å². The molecular formula is C20H24N2O3. The van der Waals surface area contributed by atoms with Gasteiger partial charge in [0.1, 0.15) is 18.1 Å². The number of benzene rings is 2. The Labute approximate surface area is 148 Å². The molecule has 0 fully saturated rings. The lowest BCUT2D eigenvalue weighted by Gasteiger charge is -2.19. The largest absolute Gasteiger partial charge is 0.497 e. The summed E-state index contributed by atoms with van der Waals surface area (Å²) in [6, 6.07) is 13.2. The second-order valence-electron chi connectivity index (χ2n) is 6.06. The van der Waals surface area contributed by atoms with E-state index in [1.54, 1.807) is 31.4 Å². The Morgan fingerprint density at radius 2 is 1.88 bits per heavy atom. The highest BCUT2D eigenvalue weighted by molar-refractivity contribution is 5.89. The third-order valence-corrected chi connectivity index (χ3v) is 4.35. The summed E-state index contributed by atoms with van der Waals surface area (Å²) in [6.07, 6.45) is 4.69. The summed E-state index contributed by atoms with van der Waals surface area (Å²) in [5, 5.41) is 5.58. The molecule has 0 unspecified atom stereocenters. The molecule has 0 aromatic heterocycles. The van der Waals surface area contributed by atoms with Gasteiger partial charge in [0.2, 0.25) is 0 Å². The van der Waals surface area contributed by atoms with Gasteiger partial charge in [0.15, 0.2) is 0 Å². The number of anilines is 1. The van der Waals surface area contributed by atoms with Crippen LogP contribution in [0.25, 0.3) is 0 Å². The standard InChI is InChI=1S/C20H24N2O3/c1-24-17-11-9-16(10-12-17)22-20(23)21-13-14-25-19-8-4-6-15-5-2-3-7-18(15)19/h4,6,8-12H,2-3,5,7,13-14H2,1H3,(H2,21,22,23). The molecule has 0 saturated carbocycles. The molecule has 0 saturated heterocycles. The van der Waals surface area contributed by atoms with Crippen molar-refractivity contribution in [3.63, 3.8) is 0 Å². The van der Waals surface area contributed by atoms with Gasteiger partial charge in [-0.05, 0) is 67.1 Å². The summed E-state index contributed by atoms with van der Waals surface area (Å²) < 4.78 is 11.0. The number of carbonyl (C=O) groups is 1. The normalized spacial score (nSPS) is 12.8. The Morgan fingerprint density at radius 1 is 1.08 bits per heavy atom. The van der Waals surface area contributed by atoms with Gasteiger partial charge in [-0.1, -0.05) is 12.1 Å². The van der Waals surface area contributed by atoms with Crippen molar-refractivity contribution in [1.82, 2.24) is 5.32 Å². The van der Waals surface area contributed by atoms with Crippen LogP contribution in [0.3, 0.4) is 0 Å². The highest BCUT2D eigenvalue weighted by atomic mass is 16.5. The van der Waals surface area contributed by atoms with Gasteiger partial charge >= 0.3 is 6.03 Å². The third kappa shape index (κ3) is 4.66. The van der Waals surface area contributed by atoms with Crippen LogP contribution in [0.2, 0.25) is 0 Å². The fraction of sp³-hybridized carbons (Fsp3) is 0.350. The molecule has 2 amide bonds. The Balaban J connectivity index is 1.43. The van der Waals surface area contributed by atoms with Crippen LogP contribution in [-0.4, -0.2) is 26.3 Å². The lowest BCUT2D eigenvalue weighted by molar-refractivity contribution is 0.247. The van der Waals surface area contributed by atoms with Crippen LogP contribution < -0.4 is 20.1 Å². The molecular weight excluding hydrogens is 316 g/mol. The minimum Gasteiger partial charge on any atom is -0.497 e. The fourth-order valence-corrected chi connectivity index (χ4v) is 3.06. The first-order valence-electron chi connectivity index (χ1n) is 8.69. The van der Waals surface area contributed by atoms with Crippen molar-refractivity contribution in [1.29, 1.82) is 0 Å². The Bertz CT molecular complexity index is 713. The van der Waals surface area contributed by atoms with E-state index in [9.17, 15) is 4.79 Å². The van der Waals surface area contributed by atoms with Gasteiger partial charge in [-0.25, -0.2) is 4.79 Å². The molecule has 132 valence electrons. The number of rotatable bonds is 6. The van der Waals surface area contributed by atoms with E-state index < -0.39 is 0 Å². The highest BCUT2D eigenvalue weighted by Gasteiger charge is 2.13. The van der Waals surface area contributed by atoms with Crippen molar-refractivity contribution in [2.24, 2.45) is 0 Å². The zero-order valence-corrected chi connectivity index (χ0v) is 14.5. The number of hydrogen-bond donors (Lipinski definition) is 2. The lowest BCUT2D eigenvalue weighted by Crippen LogP contribution is -2.32. The predicted molar refractivity (Wildman–Crippen MR) is 98.6 cm³/mol. The maximum Gasteiger partial charge on any atom is 0.319 e. The van der Waals surface area contributed by atoms with Gasteiger partial charge < -0.3 is 20.1 Å². The van der Waals surface area contributed by atoms with Crippen molar-refractivity contribution in [2.45, 2.75) is 25.7 Å². The average Bonchev–Trinajstić information content (AvgIpc) is 2.66. The number of amides is 2. The molecule has 1 aliphatic carbocycles. The summed E-state index contributed by atoms with van der Waals surface area (Å²) >= 11 is 0. The molecule has 2 aromatic carbocycles. The molecule has 25 heavy (non-hydrogen) atoms. The summed E-state index contributed by atoms with van der Waals surface area (Å²) in [7, 11) is 1.61. The Kier molecular flexibility index (Phi) is 5.77. The molecule has 5 nitrogen and oxygen atoms in total. The second-order valence-corrected chi connectivity index (χ2v) is 6.06. The monoisotopic (exact) mass is 340 g/mol. The Morgan fingerprint density at radius 3 is 2.68 bits per heavy atom. The number of ether oxygens (including phenoxy) is 2. The van der Waals surface area contributed by atoms with Crippen LogP contribution in [-0.2, 0) is 12.8 Å². The molecule has 0 atom stereocenters. The van der Waals surface area contributed by atoms with Crippen molar-refractivity contribution < 1.29 is 14.3 Å². The van der Waals surface area contributed by atoms with Gasteiger partial charge in [-0.3, -0.25) is 0 Å². The first-order valence-corrected chi connectivity index (χ1v) is 8.69. The average molecular weight is 340 g/mol. The minimum atomic E-state index is -0.246. The van der Waals surface area contributed by atoms with Crippen LogP contribution >= 0.6 is 0 Å². The van der Waals surface area contributed by atoms with Crippen molar-refractivity contribution in [2.75, 3.05) is 25.6 Å². The van der Waals surface area contributed by atoms with Crippen LogP contribution in [0.1, 0.15) is 24.0 Å². The summed E-state index contributed by atoms with van der Waals surface area (Å²) in [4.78, 5) is 11.9. The smallest absolute Gasteiger partial charge is 0.319 e. The molecule has 0 aliphatic heterocycles. The van der Waals surface area contributed by atoms with Crippen LogP contribution in [0.4, 0.5) is 10.5 Å². The number of urea groups is 1. The molecule has 0 radical (unpaired) electrons. The first-order chi connectivity index (χ1) is 12.3. The number of hydrogen-bond acceptors (Lipinski definition) is 3. The molecule has 2 N–H and O–H groups in total. The van der Waals surface area contributed by atoms with Gasteiger partial charge in [0.05, 0.1) is 13.7 Å². The van der Waals surface area contributed by atoms with Gasteiger partial charge in [-0.15, -0.1) is 0 Å². The van der Waals surface area contributed by atoms with Crippen molar-refractivity contribution in [3.05, 3.63) is 53.6 Å². The zero-order chi connectivity index (χ0) is 17.5. The molecule has 0 spiro atoms. The highest BCUT2D eigenvalue weighted by Crippen LogP contribution is 2.29. The SMILES string of the molecule is COc1ccc(NC(=O)NCCOc2cccc3c2CCCC3)cc1. The van der Waals surface area contributed by atoms with Crippen LogP contribution in [0.15, 0.2) is 42.5 Å². The third-order valence-electron chi connectivity index (χ3n) is 4.35.